The second-order valence-electron chi connectivity index (χ2n) is 29.2. The number of hydrogen-bond donors (Lipinski definition) is 5. The quantitative estimate of drug-likeness (QED) is 0.0499. The van der Waals surface area contributed by atoms with Gasteiger partial charge in [0.1, 0.15) is 50.8 Å². The van der Waals surface area contributed by atoms with Crippen LogP contribution < -0.4 is 30.2 Å². The minimum absolute atomic E-state index is 0.00335. The number of amides is 9. The van der Waals surface area contributed by atoms with Gasteiger partial charge in [-0.2, -0.15) is 0 Å². The summed E-state index contributed by atoms with van der Waals surface area (Å²) in [4.78, 5) is 134. The van der Waals surface area contributed by atoms with Crippen LogP contribution in [0.2, 0.25) is 0 Å². The molecule has 0 bridgehead atoms. The molecule has 7 aromatic carbocycles. The number of fused-ring (bicyclic) bond motifs is 4. The maximum absolute atomic E-state index is 14.8. The van der Waals surface area contributed by atoms with E-state index in [2.05, 4.69) is 71.3 Å². The van der Waals surface area contributed by atoms with Crippen molar-refractivity contribution in [3.63, 3.8) is 0 Å². The smallest absolute Gasteiger partial charge is 0.257 e. The largest absolute Gasteiger partial charge is 0.507 e. The molecule has 24 nitrogen and oxygen atoms in total. The zero-order chi connectivity index (χ0) is 81.9. The van der Waals surface area contributed by atoms with Gasteiger partial charge in [-0.05, 0) is 149 Å². The molecule has 7 aliphatic heterocycles. The Hall–Kier alpha value is -14.7. The molecule has 7 aliphatic rings. The summed E-state index contributed by atoms with van der Waals surface area (Å²) in [6, 6.07) is 50.6. The third-order valence-corrected chi connectivity index (χ3v) is 21.4. The molecule has 0 radical (unpaired) electrons. The lowest BCUT2D eigenvalue weighted by Crippen LogP contribution is -2.42. The molecule has 10 aromatic rings. The number of para-hydroxylation sites is 1. The highest BCUT2D eigenvalue weighted by Gasteiger charge is 2.52. The van der Waals surface area contributed by atoms with Crippen molar-refractivity contribution in [2.45, 2.75) is 58.4 Å². The van der Waals surface area contributed by atoms with Crippen LogP contribution in [0.3, 0.4) is 0 Å². The van der Waals surface area contributed by atoms with Crippen LogP contribution in [0.25, 0.3) is 33.6 Å². The van der Waals surface area contributed by atoms with Gasteiger partial charge in [-0.25, -0.2) is 13.8 Å². The average molecular weight is 1570 g/mol. The number of aromatic nitrogens is 3. The number of pyridine rings is 3. The first-order chi connectivity index (χ1) is 56.5. The summed E-state index contributed by atoms with van der Waals surface area (Å²) in [6.45, 7) is 2.60. The second-order valence-corrected chi connectivity index (χ2v) is 29.2. The molecule has 26 heteroatoms. The molecule has 17 rings (SSSR count). The van der Waals surface area contributed by atoms with Crippen molar-refractivity contribution in [3.05, 3.63) is 273 Å². The summed E-state index contributed by atoms with van der Waals surface area (Å²) in [5, 5.41) is 27.5. The van der Waals surface area contributed by atoms with E-state index in [0.717, 1.165) is 52.0 Å². The highest BCUT2D eigenvalue weighted by Crippen LogP contribution is 2.40. The third kappa shape index (κ3) is 16.2. The van der Waals surface area contributed by atoms with E-state index in [9.17, 15) is 62.1 Å². The molecular weight excluding hydrogens is 1500 g/mol. The Morgan fingerprint density at radius 2 is 0.983 bits per heavy atom. The van der Waals surface area contributed by atoms with Crippen LogP contribution >= 0.6 is 0 Å². The average Bonchev–Trinajstić information content (AvgIpc) is 1.62. The van der Waals surface area contributed by atoms with Gasteiger partial charge in [-0.1, -0.05) is 102 Å². The third-order valence-electron chi connectivity index (χ3n) is 21.4. The van der Waals surface area contributed by atoms with E-state index in [1.807, 2.05) is 60.7 Å². The molecule has 0 aliphatic carbocycles. The van der Waals surface area contributed by atoms with Crippen LogP contribution in [0.4, 0.5) is 8.78 Å². The molecule has 9 amide bonds. The predicted molar refractivity (Wildman–Crippen MR) is 421 cm³/mol. The van der Waals surface area contributed by atoms with Gasteiger partial charge >= 0.3 is 0 Å². The fraction of sp³-hybridized carbons (Fsp3) is 0.209. The number of halogens is 2. The fourth-order valence-corrected chi connectivity index (χ4v) is 15.2. The Labute approximate surface area is 669 Å². The van der Waals surface area contributed by atoms with Gasteiger partial charge in [0.2, 0.25) is 35.4 Å². The van der Waals surface area contributed by atoms with Gasteiger partial charge in [-0.3, -0.25) is 74.0 Å². The van der Waals surface area contributed by atoms with Crippen LogP contribution in [-0.4, -0.2) is 145 Å². The van der Waals surface area contributed by atoms with Crippen molar-refractivity contribution in [2.24, 2.45) is 16.2 Å². The molecule has 3 atom stereocenters. The number of hydrogen-bond acceptors (Lipinski definition) is 18. The highest BCUT2D eigenvalue weighted by atomic mass is 19.1. The van der Waals surface area contributed by atoms with Crippen molar-refractivity contribution in [2.75, 3.05) is 47.5 Å². The highest BCUT2D eigenvalue weighted by molar-refractivity contribution is 6.11. The molecule has 0 saturated carbocycles. The molecule has 3 aromatic heterocycles. The Morgan fingerprint density at radius 1 is 0.470 bits per heavy atom. The SMILES string of the molecule is COc1ccc2c(c1)C(=O)N(C[C@@]1(C#Cc3ccc(-c4ccccc4O)cc3)CC(=O)NC1=O)C2.COc1ccc2c(c1)C(=O)N(C[C@@]1(C#Cc3ccc(-c4nc(-c5ccncc5)ccc4O)cc3)CC(=O)NC1=O)C2.COc1ccc2c(c1F)C(=O)N(C[C@@]1(C#Cc3ccc(CN4CCc5ccc(F)cc5C4)nc3)CC(=O)NC1=O)C2. The van der Waals surface area contributed by atoms with Crippen LogP contribution in [0.15, 0.2) is 195 Å². The standard InChI is InChI=1S/C32H24N4O5.C31H26F2N4O4.C28H22N2O5/c1-41-24-7-6-23-18-36(30(39)25(23)16-24)19-32(17-28(38)35-31(32)40)13-10-20-2-4-22(5-3-20)29-27(37)9-8-26(34-29)21-11-14-33-15-12-21;1-41-25-7-4-21-16-37(29(39)27(21)28(25)33)18-31(13-26(38)35-30(31)40)10-8-19-2-6-24(34-14-19)17-36-11-9-20-3-5-23(32)12-22(20)15-36;1-35-21-11-10-20-16-30(26(33)23(20)14-21)17-28(15-25(32)29-27(28)34)13-12-18-6-8-19(9-7-18)22-4-2-3-5-24(22)31/h2-9,11-12,14-16,37H,17-19H2,1H3,(H,35,38,40);2-7,12,14H,9,11,13,15-18H2,1H3,(H,35,38,40);2-11,14,31H,15-17H2,1H3,(H,29,32,34)/t32-;31-;28-/m111/s1. The number of phenols is 1. The number of methoxy groups -OCH3 is 3. The lowest BCUT2D eigenvalue weighted by atomic mass is 9.85. The van der Waals surface area contributed by atoms with E-state index in [4.69, 9.17) is 14.2 Å². The first-order valence-electron chi connectivity index (χ1n) is 37.2. The number of benzene rings is 7. The van der Waals surface area contributed by atoms with Crippen molar-refractivity contribution < 1.29 is 76.4 Å². The Kier molecular flexibility index (Phi) is 21.5. The first kappa shape index (κ1) is 77.6. The molecule has 5 N–H and O–H groups in total. The zero-order valence-corrected chi connectivity index (χ0v) is 63.3. The normalized spacial score (nSPS) is 18.7. The number of nitrogens with one attached hydrogen (secondary N) is 3. The maximum atomic E-state index is 14.8. The molecular formula is C91H72F2N10O14. The molecule has 10 heterocycles. The van der Waals surface area contributed by atoms with Crippen molar-refractivity contribution in [1.82, 2.24) is 50.5 Å². The van der Waals surface area contributed by atoms with Crippen LogP contribution in [-0.2, 0) is 67.9 Å². The van der Waals surface area contributed by atoms with Gasteiger partial charge in [0.05, 0.1) is 57.5 Å². The van der Waals surface area contributed by atoms with Gasteiger partial charge in [0.25, 0.3) is 17.7 Å². The van der Waals surface area contributed by atoms with E-state index in [-0.39, 0.29) is 85.9 Å². The molecule has 584 valence electrons. The molecule has 0 unspecified atom stereocenters. The predicted octanol–water partition coefficient (Wildman–Crippen LogP) is 9.64. The van der Waals surface area contributed by atoms with E-state index in [0.29, 0.717) is 93.6 Å². The topological polar surface area (TPSA) is 309 Å². The fourth-order valence-electron chi connectivity index (χ4n) is 15.2. The Balaban J connectivity index is 0.000000138. The van der Waals surface area contributed by atoms with Crippen molar-refractivity contribution >= 4 is 53.2 Å². The number of aromatic hydroxyl groups is 2. The van der Waals surface area contributed by atoms with E-state index >= 15 is 0 Å². The summed E-state index contributed by atoms with van der Waals surface area (Å²) in [6.07, 6.45) is 5.33. The van der Waals surface area contributed by atoms with Gasteiger partial charge in [-0.15, -0.1) is 0 Å². The number of carbonyl (C=O) groups is 9. The lowest BCUT2D eigenvalue weighted by Gasteiger charge is -2.28. The monoisotopic (exact) mass is 1570 g/mol. The number of phenolic OH excluding ortho intramolecular Hbond substituents is 1. The van der Waals surface area contributed by atoms with Gasteiger partial charge < -0.3 is 39.1 Å². The minimum Gasteiger partial charge on any atom is -0.507 e. The van der Waals surface area contributed by atoms with E-state index in [1.54, 1.807) is 132 Å². The summed E-state index contributed by atoms with van der Waals surface area (Å²) in [5.74, 6) is 14.3. The van der Waals surface area contributed by atoms with E-state index < -0.39 is 63.4 Å². The lowest BCUT2D eigenvalue weighted by molar-refractivity contribution is -0.128. The summed E-state index contributed by atoms with van der Waals surface area (Å²) >= 11 is 0. The first-order valence-corrected chi connectivity index (χ1v) is 37.2. The molecule has 3 saturated heterocycles. The minimum atomic E-state index is -1.48. The summed E-state index contributed by atoms with van der Waals surface area (Å²) in [7, 11) is 4.38. The Bertz CT molecular complexity index is 5970. The van der Waals surface area contributed by atoms with Gasteiger partial charge in [0.15, 0.2) is 11.6 Å². The zero-order valence-electron chi connectivity index (χ0n) is 63.3. The van der Waals surface area contributed by atoms with Crippen LogP contribution in [0.1, 0.15) is 101 Å². The molecule has 117 heavy (non-hydrogen) atoms. The number of nitrogens with zero attached hydrogens (tertiary/aromatic N) is 7. The number of rotatable bonds is 14. The second kappa shape index (κ2) is 32.4. The molecule has 0 spiro atoms. The Morgan fingerprint density at radius 3 is 1.50 bits per heavy atom. The summed E-state index contributed by atoms with van der Waals surface area (Å²) < 4.78 is 43.9. The van der Waals surface area contributed by atoms with Crippen LogP contribution in [0.5, 0.6) is 28.7 Å². The van der Waals surface area contributed by atoms with Crippen molar-refractivity contribution in [1.29, 1.82) is 0 Å². The summed E-state index contributed by atoms with van der Waals surface area (Å²) in [5.41, 5.74) is 7.82. The molecule has 3 fully saturated rings. The van der Waals surface area contributed by atoms with Crippen molar-refractivity contribution in [3.8, 4) is 97.9 Å². The van der Waals surface area contributed by atoms with Gasteiger partial charge in [0, 0.05) is 122 Å². The number of ether oxygens (including phenoxy) is 3. The number of imide groups is 3. The maximum Gasteiger partial charge on any atom is 0.257 e. The van der Waals surface area contributed by atoms with Crippen LogP contribution in [0, 0.1) is 63.4 Å². The number of carbonyl (C=O) groups excluding carboxylic acids is 9. The van der Waals surface area contributed by atoms with E-state index in [1.165, 1.54) is 38.4 Å².